The van der Waals surface area contributed by atoms with Crippen molar-refractivity contribution in [2.24, 2.45) is 5.73 Å². The van der Waals surface area contributed by atoms with E-state index in [1.807, 2.05) is 0 Å². The van der Waals surface area contributed by atoms with Crippen molar-refractivity contribution in [2.75, 3.05) is 5.32 Å². The van der Waals surface area contributed by atoms with Gasteiger partial charge in [0.25, 0.3) is 0 Å². The Morgan fingerprint density at radius 2 is 1.19 bits per heavy atom. The number of aliphatic hydroxyl groups is 2. The third kappa shape index (κ3) is 10.5. The van der Waals surface area contributed by atoms with Crippen molar-refractivity contribution < 1.29 is 34.4 Å². The lowest BCUT2D eigenvalue weighted by Crippen LogP contribution is -2.36. The first-order valence-corrected chi connectivity index (χ1v) is 14.4. The van der Waals surface area contributed by atoms with Gasteiger partial charge in [0, 0.05) is 5.69 Å². The second-order valence-electron chi connectivity index (χ2n) is 9.84. The van der Waals surface area contributed by atoms with Crippen LogP contribution in [0.3, 0.4) is 0 Å². The van der Waals surface area contributed by atoms with E-state index < -0.39 is 36.2 Å². The lowest BCUT2D eigenvalue weighted by molar-refractivity contribution is -0.142. The number of hydrogen-bond donors (Lipinski definition) is 6. The summed E-state index contributed by atoms with van der Waals surface area (Å²) < 4.78 is 12.7. The molecule has 4 aromatic carbocycles. The Balaban J connectivity index is 0.000000270. The van der Waals surface area contributed by atoms with Crippen LogP contribution in [0.2, 0.25) is 10.0 Å². The molecule has 4 aromatic rings. The number of benzene rings is 4. The summed E-state index contributed by atoms with van der Waals surface area (Å²) in [6.45, 7) is 16.9. The van der Waals surface area contributed by atoms with E-state index in [-0.39, 0.29) is 15.9 Å². The molecule has 0 fully saturated rings. The highest BCUT2D eigenvalue weighted by Crippen LogP contribution is 2.34. The number of nitrogens with two attached hydrogens (primary N) is 1. The highest BCUT2D eigenvalue weighted by Gasteiger charge is 2.28. The van der Waals surface area contributed by atoms with Crippen molar-refractivity contribution >= 4 is 52.2 Å². The van der Waals surface area contributed by atoms with E-state index in [1.165, 1.54) is 18.2 Å². The molecule has 0 saturated heterocycles. The van der Waals surface area contributed by atoms with Crippen LogP contribution in [0.5, 0.6) is 0 Å². The highest BCUT2D eigenvalue weighted by molar-refractivity contribution is 6.34. The number of aliphatic carboxylic acids is 2. The van der Waals surface area contributed by atoms with Gasteiger partial charge in [-0.2, -0.15) is 0 Å². The summed E-state index contributed by atoms with van der Waals surface area (Å²) in [6.07, 6.45) is -2.38. The lowest BCUT2D eigenvalue weighted by atomic mass is 10.0. The monoisotopic (exact) mass is 680 g/mol. The Bertz CT molecular complexity index is 1760. The summed E-state index contributed by atoms with van der Waals surface area (Å²) in [7, 11) is 0. The van der Waals surface area contributed by atoms with E-state index in [9.17, 15) is 29.3 Å². The largest absolute Gasteiger partial charge is 0.480 e. The fraction of sp³-hybridized carbons (Fsp3) is 0.176. The van der Waals surface area contributed by atoms with Crippen LogP contribution in [-0.4, -0.2) is 44.4 Å². The number of hydrogen-bond acceptors (Lipinski definition) is 6. The minimum Gasteiger partial charge on any atom is -0.480 e. The van der Waals surface area contributed by atoms with Crippen molar-refractivity contribution in [3.63, 3.8) is 0 Å². The summed E-state index contributed by atoms with van der Waals surface area (Å²) in [5.74, 6) is -2.77. The molecule has 0 amide bonds. The molecular formula is C34H31Cl2FN4O6. The number of carboxylic acid groups (broad SMARTS) is 2. The number of rotatable bonds is 8. The highest BCUT2D eigenvalue weighted by atomic mass is 35.5. The second-order valence-corrected chi connectivity index (χ2v) is 10.6. The SMILES string of the molecule is NC(C(=O)O)C(O)c1ccccc1.[C-]#[N+]c1ccc(F)c(C)c1Cl.[C-]#[N+]c1ccc(NC(C(=O)O)C(O)c2ccccc2)c(C)c1Cl. The minimum absolute atomic E-state index is 0.208. The fourth-order valence-electron chi connectivity index (χ4n) is 3.93. The second kappa shape index (κ2) is 18.2. The minimum atomic E-state index is -1.28. The van der Waals surface area contributed by atoms with Crippen LogP contribution in [0.25, 0.3) is 9.69 Å². The molecule has 4 rings (SSSR count). The van der Waals surface area contributed by atoms with Gasteiger partial charge in [-0.05, 0) is 48.2 Å². The Labute approximate surface area is 281 Å². The molecule has 10 nitrogen and oxygen atoms in total. The number of anilines is 1. The van der Waals surface area contributed by atoms with Crippen LogP contribution in [-0.2, 0) is 9.59 Å². The topological polar surface area (TPSA) is 162 Å². The van der Waals surface area contributed by atoms with Crippen LogP contribution in [0.1, 0.15) is 34.5 Å². The summed E-state index contributed by atoms with van der Waals surface area (Å²) in [5, 5.41) is 41.0. The lowest BCUT2D eigenvalue weighted by Gasteiger charge is -2.23. The van der Waals surface area contributed by atoms with E-state index >= 15 is 0 Å². The Morgan fingerprint density at radius 1 is 0.745 bits per heavy atom. The van der Waals surface area contributed by atoms with E-state index in [4.69, 9.17) is 47.2 Å². The third-order valence-electron chi connectivity index (χ3n) is 6.71. The average molecular weight is 682 g/mol. The molecule has 244 valence electrons. The molecule has 7 N–H and O–H groups in total. The Hall–Kier alpha value is -5.01. The van der Waals surface area contributed by atoms with E-state index in [0.29, 0.717) is 39.3 Å². The number of halogens is 3. The molecule has 0 aliphatic heterocycles. The van der Waals surface area contributed by atoms with E-state index in [1.54, 1.807) is 80.6 Å². The van der Waals surface area contributed by atoms with Gasteiger partial charge in [-0.15, -0.1) is 0 Å². The first-order chi connectivity index (χ1) is 22.2. The first-order valence-electron chi connectivity index (χ1n) is 13.7. The molecule has 47 heavy (non-hydrogen) atoms. The van der Waals surface area contributed by atoms with Crippen LogP contribution < -0.4 is 11.1 Å². The molecule has 0 aliphatic rings. The van der Waals surface area contributed by atoms with Gasteiger partial charge in [0.15, 0.2) is 6.04 Å². The number of carbonyl (C=O) groups is 2. The van der Waals surface area contributed by atoms with Gasteiger partial charge < -0.3 is 31.5 Å². The fourth-order valence-corrected chi connectivity index (χ4v) is 4.33. The molecule has 0 aromatic heterocycles. The van der Waals surface area contributed by atoms with Gasteiger partial charge in [0.05, 0.1) is 23.2 Å². The average Bonchev–Trinajstić information content (AvgIpc) is 3.08. The first kappa shape index (κ1) is 38.2. The maximum absolute atomic E-state index is 12.7. The van der Waals surface area contributed by atoms with Gasteiger partial charge >= 0.3 is 11.9 Å². The van der Waals surface area contributed by atoms with E-state index in [0.717, 1.165) is 0 Å². The molecular weight excluding hydrogens is 650 g/mol. The van der Waals surface area contributed by atoms with Gasteiger partial charge in [-0.3, -0.25) is 4.79 Å². The van der Waals surface area contributed by atoms with Gasteiger partial charge in [0.1, 0.15) is 24.1 Å². The standard InChI is InChI=1S/C17H15ClN2O3.C9H11NO3.C8H5ClFN/c1-10-12(8-9-13(19-2)14(10)18)20-15(17(22)23)16(21)11-6-4-3-5-7-11;10-7(9(12)13)8(11)6-4-2-1-3-5-6;1-5-6(10)3-4-7(11-2)8(5)9/h3-9,15-16,20-21H,1H3,(H,22,23);1-5,7-8,11H,10H2,(H,12,13);3-4H,1H3. The number of nitrogens with one attached hydrogen (secondary N) is 1. The van der Waals surface area contributed by atoms with Crippen LogP contribution >= 0.6 is 23.2 Å². The van der Waals surface area contributed by atoms with Crippen molar-refractivity contribution in [2.45, 2.75) is 38.1 Å². The molecule has 4 atom stereocenters. The summed E-state index contributed by atoms with van der Waals surface area (Å²) in [6, 6.07) is 20.2. The number of nitrogens with zero attached hydrogens (tertiary/aromatic N) is 2. The van der Waals surface area contributed by atoms with E-state index in [2.05, 4.69) is 15.0 Å². The zero-order valence-corrected chi connectivity index (χ0v) is 26.6. The molecule has 0 saturated carbocycles. The van der Waals surface area contributed by atoms with Crippen molar-refractivity contribution in [1.82, 2.24) is 0 Å². The molecule has 0 spiro atoms. The Morgan fingerprint density at radius 3 is 1.64 bits per heavy atom. The maximum atomic E-state index is 12.7. The smallest absolute Gasteiger partial charge is 0.329 e. The molecule has 13 heteroatoms. The molecule has 0 heterocycles. The quantitative estimate of drug-likeness (QED) is 0.106. The van der Waals surface area contributed by atoms with Crippen molar-refractivity contribution in [3.8, 4) is 0 Å². The molecule has 0 bridgehead atoms. The van der Waals surface area contributed by atoms with Crippen LogP contribution in [0.4, 0.5) is 21.5 Å². The zero-order valence-electron chi connectivity index (χ0n) is 25.1. The summed E-state index contributed by atoms with van der Waals surface area (Å²) >= 11 is 11.7. The molecule has 0 radical (unpaired) electrons. The number of carboxylic acids is 2. The third-order valence-corrected chi connectivity index (χ3v) is 7.66. The summed E-state index contributed by atoms with van der Waals surface area (Å²) in [5.41, 5.74) is 8.20. The predicted octanol–water partition coefficient (Wildman–Crippen LogP) is 7.27. The molecule has 4 unspecified atom stereocenters. The number of aliphatic hydroxyl groups excluding tert-OH is 2. The van der Waals surface area contributed by atoms with Crippen LogP contribution in [0.15, 0.2) is 84.9 Å². The zero-order chi connectivity index (χ0) is 35.3. The van der Waals surface area contributed by atoms with Gasteiger partial charge in [0.2, 0.25) is 11.4 Å². The predicted molar refractivity (Wildman–Crippen MR) is 178 cm³/mol. The van der Waals surface area contributed by atoms with Crippen LogP contribution in [0, 0.1) is 32.8 Å². The van der Waals surface area contributed by atoms with Crippen molar-refractivity contribution in [1.29, 1.82) is 0 Å². The Kier molecular flexibility index (Phi) is 14.8. The maximum Gasteiger partial charge on any atom is 0.329 e. The van der Waals surface area contributed by atoms with Gasteiger partial charge in [-0.25, -0.2) is 18.9 Å². The van der Waals surface area contributed by atoms with Crippen molar-refractivity contribution in [3.05, 3.63) is 146 Å². The van der Waals surface area contributed by atoms with Gasteiger partial charge in [-0.1, -0.05) is 96.0 Å². The summed E-state index contributed by atoms with van der Waals surface area (Å²) in [4.78, 5) is 28.4. The molecule has 0 aliphatic carbocycles. The normalized spacial score (nSPS) is 12.6.